The van der Waals surface area contributed by atoms with Crippen LogP contribution >= 0.6 is 47.0 Å². The van der Waals surface area contributed by atoms with Gasteiger partial charge in [0.2, 0.25) is 0 Å². The topological polar surface area (TPSA) is 131 Å². The van der Waals surface area contributed by atoms with E-state index in [1.807, 2.05) is 0 Å². The molecule has 16 nitrogen and oxygen atoms in total. The molecular weight excluding hydrogens is 1090 g/mol. The van der Waals surface area contributed by atoms with Crippen LogP contribution in [-0.4, -0.2) is 201 Å². The molecule has 2 aliphatic rings. The van der Waals surface area contributed by atoms with E-state index in [4.69, 9.17) is 39.9 Å². The Morgan fingerprint density at radius 2 is 0.610 bits per heavy atom. The van der Waals surface area contributed by atoms with E-state index in [-0.39, 0.29) is 17.1 Å². The summed E-state index contributed by atoms with van der Waals surface area (Å²) in [6, 6.07) is 25.9. The minimum atomic E-state index is 0. The first-order valence-corrected chi connectivity index (χ1v) is 28.8. The molecular formula is C56H68CuN16S4+4. The van der Waals surface area contributed by atoms with Gasteiger partial charge in [-0.15, -0.1) is 0 Å². The Bertz CT molecular complexity index is 3730. The van der Waals surface area contributed by atoms with Crippen molar-refractivity contribution in [1.29, 1.82) is 0 Å². The zero-order valence-electron chi connectivity index (χ0n) is 46.8. The van der Waals surface area contributed by atoms with Crippen LogP contribution in [0.1, 0.15) is 22.3 Å². The number of amidine groups is 4. The maximum atomic E-state index is 5.42. The predicted molar refractivity (Wildman–Crippen MR) is 322 cm³/mol. The van der Waals surface area contributed by atoms with Gasteiger partial charge in [-0.25, -0.2) is 9.97 Å². The van der Waals surface area contributed by atoms with Crippen LogP contribution in [0, 0.1) is 0 Å². The molecule has 77 heavy (non-hydrogen) atoms. The summed E-state index contributed by atoms with van der Waals surface area (Å²) in [5, 5.41) is 8.11. The standard InChI is InChI=1S/C56H68N16S4.Cu/c1-65(2)53(66(3)4)73-29-33-17-21-37-41(25-33)49-58-45(37)57-46-38-22-18-34(30-74-54(67(5)6)68(7)8)26-42(38)50(59-46)61-48-40-24-20-36(32-76-56(71(13)14)72(15)16)28-44(40)52(63-48)64-51-43-27-35(19-23-39(43)47(60-49)62-51)31-75-55(69(9)10)70(11)12;/h17-28H,29-32H2,1-16H3;/q2*+2. The number of benzene rings is 4. The second-order valence-corrected chi connectivity index (χ2v) is 24.2. The maximum absolute atomic E-state index is 5.42. The first-order chi connectivity index (χ1) is 36.2. The van der Waals surface area contributed by atoms with E-state index in [0.29, 0.717) is 45.9 Å². The average molecular weight is 1160 g/mol. The van der Waals surface area contributed by atoms with Gasteiger partial charge in [0, 0.05) is 67.9 Å². The third-order valence-electron chi connectivity index (χ3n) is 12.5. The fourth-order valence-electron chi connectivity index (χ4n) is 9.44. The van der Waals surface area contributed by atoms with Crippen molar-refractivity contribution in [3.8, 4) is 45.6 Å². The zero-order valence-corrected chi connectivity index (χ0v) is 51.1. The molecule has 0 spiro atoms. The van der Waals surface area contributed by atoms with Crippen molar-refractivity contribution in [3.05, 3.63) is 95.1 Å². The number of hydrogen-bond acceptors (Lipinski definition) is 10. The quantitative estimate of drug-likeness (QED) is 0.0634. The average Bonchev–Trinajstić information content (AvgIpc) is 4.08. The van der Waals surface area contributed by atoms with Crippen LogP contribution in [0.2, 0.25) is 0 Å². The Labute approximate surface area is 479 Å². The smallest absolute Gasteiger partial charge is 0.357 e. The molecule has 0 saturated carbocycles. The van der Waals surface area contributed by atoms with Crippen LogP contribution in [0.3, 0.4) is 0 Å². The number of thioether (sulfide) groups is 4. The van der Waals surface area contributed by atoms with Gasteiger partial charge in [-0.2, -0.15) is 0 Å². The van der Waals surface area contributed by atoms with Crippen molar-refractivity contribution in [2.45, 2.75) is 23.0 Å². The van der Waals surface area contributed by atoms with Crippen LogP contribution in [0.4, 0.5) is 0 Å². The van der Waals surface area contributed by atoms with Crippen molar-refractivity contribution in [3.63, 3.8) is 0 Å². The molecule has 0 amide bonds. The van der Waals surface area contributed by atoms with Gasteiger partial charge < -0.3 is 29.9 Å². The molecule has 0 fully saturated rings. The Morgan fingerprint density at radius 1 is 0.351 bits per heavy atom. The summed E-state index contributed by atoms with van der Waals surface area (Å²) < 4.78 is 8.57. The maximum Gasteiger partial charge on any atom is 2.00 e. The molecule has 403 valence electrons. The van der Waals surface area contributed by atoms with E-state index in [1.54, 1.807) is 47.0 Å². The molecule has 8 bridgehead atoms. The Morgan fingerprint density at radius 3 is 0.896 bits per heavy atom. The monoisotopic (exact) mass is 1160 g/mol. The minimum Gasteiger partial charge on any atom is -0.357 e. The summed E-state index contributed by atoms with van der Waals surface area (Å²) in [4.78, 5) is 51.1. The molecule has 0 N–H and O–H groups in total. The molecule has 4 aromatic carbocycles. The molecule has 0 atom stereocenters. The Balaban J connectivity index is 0.00000784. The number of rotatable bonds is 8. The van der Waals surface area contributed by atoms with Gasteiger partial charge in [-0.3, -0.25) is 37.9 Å². The van der Waals surface area contributed by atoms with Crippen LogP contribution < -0.4 is 9.97 Å². The third-order valence-corrected chi connectivity index (χ3v) is 18.4. The Kier molecular flexibility index (Phi) is 17.8. The van der Waals surface area contributed by atoms with Gasteiger partial charge in [0.05, 0.1) is 136 Å². The van der Waals surface area contributed by atoms with Gasteiger partial charge in [0.1, 0.15) is 0 Å². The first kappa shape index (κ1) is 57.2. The SMILES string of the molecule is CN(C)C(SCc1ccc2c(c1)-c1nc-2nc2[n-]c(nc3nc(nc4[n-]c(n1)c1ccc(CSC(N(C)C)=[N+](C)C)cc41)-c1cc(CSC(N(C)C)=[N+](C)C)ccc1-3)c1cc(CSC(N(C)C)=[N+](C)C)ccc21)=[N+](C)C.[Cu+2]. The van der Waals surface area contributed by atoms with Crippen LogP contribution in [0.5, 0.6) is 0 Å². The Hall–Kier alpha value is -5.96. The van der Waals surface area contributed by atoms with E-state index >= 15 is 0 Å². The number of fused-ring (bicyclic) bond motifs is 20. The molecule has 21 heteroatoms. The second-order valence-electron chi connectivity index (χ2n) is 20.4. The van der Waals surface area contributed by atoms with Crippen molar-refractivity contribution < 1.29 is 35.4 Å². The normalized spacial score (nSPS) is 11.4. The summed E-state index contributed by atoms with van der Waals surface area (Å²) in [5.74, 6) is 5.09. The summed E-state index contributed by atoms with van der Waals surface area (Å²) >= 11 is 7.13. The molecule has 0 unspecified atom stereocenters. The first-order valence-electron chi connectivity index (χ1n) is 24.9. The molecule has 0 aliphatic carbocycles. The van der Waals surface area contributed by atoms with Crippen LogP contribution in [-0.2, 0) is 40.1 Å². The number of hydrogen-bond donors (Lipinski definition) is 0. The summed E-state index contributed by atoms with van der Waals surface area (Å²) in [5.41, 5.74) is 10.2. The van der Waals surface area contributed by atoms with Crippen LogP contribution in [0.15, 0.2) is 72.8 Å². The molecule has 0 saturated heterocycles. The molecule has 3 aromatic heterocycles. The molecule has 5 heterocycles. The fourth-order valence-corrected chi connectivity index (χ4v) is 13.4. The predicted octanol–water partition coefficient (Wildman–Crippen LogP) is 7.82. The van der Waals surface area contributed by atoms with E-state index in [0.717, 1.165) is 110 Å². The largest absolute Gasteiger partial charge is 2.00 e. The second kappa shape index (κ2) is 24.0. The molecule has 9 rings (SSSR count). The van der Waals surface area contributed by atoms with E-state index in [2.05, 4.69) is 223 Å². The summed E-state index contributed by atoms with van der Waals surface area (Å²) in [6.45, 7) is 0. The van der Waals surface area contributed by atoms with E-state index < -0.39 is 0 Å². The fraction of sp³-hybridized carbons (Fsp3) is 0.357. The third kappa shape index (κ3) is 12.3. The van der Waals surface area contributed by atoms with Crippen molar-refractivity contribution in [2.75, 3.05) is 113 Å². The van der Waals surface area contributed by atoms with Gasteiger partial charge in [-0.05, 0) is 115 Å². The van der Waals surface area contributed by atoms with E-state index in [1.165, 1.54) is 0 Å². The van der Waals surface area contributed by atoms with Gasteiger partial charge in [0.25, 0.3) is 0 Å². The zero-order chi connectivity index (χ0) is 54.3. The van der Waals surface area contributed by atoms with Crippen molar-refractivity contribution in [2.24, 2.45) is 0 Å². The van der Waals surface area contributed by atoms with E-state index in [9.17, 15) is 0 Å². The summed E-state index contributed by atoms with van der Waals surface area (Å²) in [7, 11) is 33.2. The minimum absolute atomic E-state index is 0. The van der Waals surface area contributed by atoms with Gasteiger partial charge >= 0.3 is 37.7 Å². The van der Waals surface area contributed by atoms with Crippen LogP contribution in [0.25, 0.3) is 89.7 Å². The van der Waals surface area contributed by atoms with Gasteiger partial charge in [0.15, 0.2) is 0 Å². The number of nitrogens with zero attached hydrogens (tertiary/aromatic N) is 16. The van der Waals surface area contributed by atoms with Crippen molar-refractivity contribution >= 4 is 112 Å². The van der Waals surface area contributed by atoms with Crippen molar-refractivity contribution in [1.82, 2.24) is 59.5 Å². The summed E-state index contributed by atoms with van der Waals surface area (Å²) in [6.07, 6.45) is 0. The molecule has 2 aliphatic heterocycles. The molecule has 7 aromatic rings. The molecule has 1 radical (unpaired) electrons. The van der Waals surface area contributed by atoms with Gasteiger partial charge in [-0.1, -0.05) is 48.5 Å². The number of aromatic nitrogens is 8.